The van der Waals surface area contributed by atoms with E-state index in [9.17, 15) is 10.1 Å². The van der Waals surface area contributed by atoms with Crippen molar-refractivity contribution in [1.29, 1.82) is 5.26 Å². The highest BCUT2D eigenvalue weighted by molar-refractivity contribution is 5.91. The maximum atomic E-state index is 13.8. The molecule has 1 aliphatic rings. The SMILES string of the molecule is Cc1nc2cc(-c3nc(NC4CCC(N(C(=O)NCc5ccccc5)c5ccc(-c6cnn(C)c6)cn5)CC4)ncc3C#N)ccc2o1. The average Bonchev–Trinajstić information content (AvgIpc) is 3.73. The van der Waals surface area contributed by atoms with Crippen LogP contribution in [0.5, 0.6) is 0 Å². The van der Waals surface area contributed by atoms with Crippen molar-refractivity contribution >= 4 is 28.9 Å². The number of pyridine rings is 1. The highest BCUT2D eigenvalue weighted by Gasteiger charge is 2.31. The Hall–Kier alpha value is -6.09. The highest BCUT2D eigenvalue weighted by Crippen LogP contribution is 2.31. The molecule has 0 aliphatic heterocycles. The van der Waals surface area contributed by atoms with E-state index in [0.29, 0.717) is 46.6 Å². The Morgan fingerprint density at radius 1 is 0.979 bits per heavy atom. The summed E-state index contributed by atoms with van der Waals surface area (Å²) in [7, 11) is 1.88. The van der Waals surface area contributed by atoms with Crippen LogP contribution in [0.15, 0.2) is 89.9 Å². The van der Waals surface area contributed by atoms with Crippen molar-refractivity contribution in [2.24, 2.45) is 7.05 Å². The molecule has 0 radical (unpaired) electrons. The second kappa shape index (κ2) is 13.3. The number of oxazole rings is 1. The van der Waals surface area contributed by atoms with Crippen LogP contribution >= 0.6 is 0 Å². The fourth-order valence-corrected chi connectivity index (χ4v) is 6.19. The van der Waals surface area contributed by atoms with Gasteiger partial charge in [-0.2, -0.15) is 10.4 Å². The maximum Gasteiger partial charge on any atom is 0.323 e. The zero-order valence-electron chi connectivity index (χ0n) is 26.7. The van der Waals surface area contributed by atoms with Gasteiger partial charge >= 0.3 is 6.03 Å². The monoisotopic (exact) mass is 638 g/mol. The Kier molecular flexibility index (Phi) is 8.49. The lowest BCUT2D eigenvalue weighted by molar-refractivity contribution is 0.240. The molecule has 0 spiro atoms. The largest absolute Gasteiger partial charge is 0.441 e. The molecule has 6 aromatic rings. The van der Waals surface area contributed by atoms with Gasteiger partial charge in [0.25, 0.3) is 0 Å². The maximum absolute atomic E-state index is 13.8. The Morgan fingerprint density at radius 3 is 2.52 bits per heavy atom. The molecule has 240 valence electrons. The third kappa shape index (κ3) is 6.57. The summed E-state index contributed by atoms with van der Waals surface area (Å²) < 4.78 is 7.36. The lowest BCUT2D eigenvalue weighted by Crippen LogP contribution is -2.49. The standard InChI is InChI=1S/C36H34N10O2/c1-23-42-31-16-25(8-14-32(31)48-23)34-27(17-37)20-39-35(44-34)43-29-10-12-30(13-11-29)46(36(47)40-18-24-6-4-3-5-7-24)33-15-9-26(19-38-33)28-21-41-45(2)22-28/h3-9,14-16,19-22,29-30H,10-13,18H2,1-2H3,(H,40,47)(H,39,43,44). The van der Waals surface area contributed by atoms with E-state index in [2.05, 4.69) is 31.8 Å². The summed E-state index contributed by atoms with van der Waals surface area (Å²) in [5.74, 6) is 1.63. The van der Waals surface area contributed by atoms with Crippen molar-refractivity contribution in [1.82, 2.24) is 35.0 Å². The minimum absolute atomic E-state index is 0.0503. The van der Waals surface area contributed by atoms with E-state index in [4.69, 9.17) is 14.4 Å². The fraction of sp³-hybridized carbons (Fsp3) is 0.250. The molecule has 0 unspecified atom stereocenters. The first kappa shape index (κ1) is 30.6. The van der Waals surface area contributed by atoms with E-state index in [1.165, 1.54) is 0 Å². The summed E-state index contributed by atoms with van der Waals surface area (Å²) in [5, 5.41) is 20.6. The van der Waals surface area contributed by atoms with Crippen molar-refractivity contribution in [3.63, 3.8) is 0 Å². The summed E-state index contributed by atoms with van der Waals surface area (Å²) >= 11 is 0. The van der Waals surface area contributed by atoms with Crippen molar-refractivity contribution in [2.45, 2.75) is 51.2 Å². The van der Waals surface area contributed by atoms with Crippen molar-refractivity contribution in [3.8, 4) is 28.5 Å². The Labute approximate surface area is 277 Å². The number of aromatic nitrogens is 6. The molecule has 0 saturated heterocycles. The van der Waals surface area contributed by atoms with Gasteiger partial charge in [-0.3, -0.25) is 9.58 Å². The Balaban J connectivity index is 1.07. The smallest absolute Gasteiger partial charge is 0.323 e. The van der Waals surface area contributed by atoms with Gasteiger partial charge in [-0.15, -0.1) is 0 Å². The zero-order chi connectivity index (χ0) is 33.0. The van der Waals surface area contributed by atoms with Gasteiger partial charge < -0.3 is 15.1 Å². The normalized spacial score (nSPS) is 15.9. The minimum Gasteiger partial charge on any atom is -0.441 e. The summed E-state index contributed by atoms with van der Waals surface area (Å²) in [4.78, 5) is 33.9. The van der Waals surface area contributed by atoms with Gasteiger partial charge in [-0.25, -0.2) is 24.7 Å². The van der Waals surface area contributed by atoms with Crippen LogP contribution in [-0.4, -0.2) is 47.8 Å². The third-order valence-corrected chi connectivity index (χ3v) is 8.61. The molecule has 7 rings (SSSR count). The lowest BCUT2D eigenvalue weighted by Gasteiger charge is -2.36. The van der Waals surface area contributed by atoms with E-state index in [0.717, 1.165) is 47.9 Å². The summed E-state index contributed by atoms with van der Waals surface area (Å²) in [6.45, 7) is 2.22. The molecule has 4 heterocycles. The fourth-order valence-electron chi connectivity index (χ4n) is 6.19. The molecule has 0 atom stereocenters. The highest BCUT2D eigenvalue weighted by atomic mass is 16.3. The first-order valence-electron chi connectivity index (χ1n) is 15.9. The van der Waals surface area contributed by atoms with Crippen LogP contribution in [0.25, 0.3) is 33.5 Å². The molecule has 1 fully saturated rings. The second-order valence-corrected chi connectivity index (χ2v) is 12.0. The van der Waals surface area contributed by atoms with E-state index < -0.39 is 0 Å². The van der Waals surface area contributed by atoms with Crippen LogP contribution in [0.2, 0.25) is 0 Å². The molecule has 0 bridgehead atoms. The number of aryl methyl sites for hydroxylation is 2. The van der Waals surface area contributed by atoms with Crippen molar-refractivity contribution in [2.75, 3.05) is 10.2 Å². The van der Waals surface area contributed by atoms with Crippen molar-refractivity contribution in [3.05, 3.63) is 102 Å². The molecule has 1 saturated carbocycles. The van der Waals surface area contributed by atoms with Crippen LogP contribution in [0.1, 0.15) is 42.7 Å². The molecule has 4 aromatic heterocycles. The third-order valence-electron chi connectivity index (χ3n) is 8.61. The first-order chi connectivity index (χ1) is 23.4. The molecule has 2 N–H and O–H groups in total. The Bertz CT molecular complexity index is 2090. The van der Waals surface area contributed by atoms with Crippen LogP contribution in [-0.2, 0) is 13.6 Å². The molecule has 12 heteroatoms. The Morgan fingerprint density at radius 2 is 1.79 bits per heavy atom. The van der Waals surface area contributed by atoms with Gasteiger partial charge in [-0.1, -0.05) is 30.3 Å². The van der Waals surface area contributed by atoms with E-state index >= 15 is 0 Å². The predicted octanol–water partition coefficient (Wildman–Crippen LogP) is 6.40. The molecule has 12 nitrogen and oxygen atoms in total. The molecule has 2 aromatic carbocycles. The van der Waals surface area contributed by atoms with Crippen LogP contribution in [0.3, 0.4) is 0 Å². The quantitative estimate of drug-likeness (QED) is 0.193. The lowest BCUT2D eigenvalue weighted by atomic mass is 9.90. The minimum atomic E-state index is -0.184. The number of carbonyl (C=O) groups is 1. The second-order valence-electron chi connectivity index (χ2n) is 12.0. The van der Waals surface area contributed by atoms with Crippen LogP contribution < -0.4 is 15.5 Å². The van der Waals surface area contributed by atoms with E-state index in [-0.39, 0.29) is 18.1 Å². The number of nitriles is 1. The topological polar surface area (TPSA) is 151 Å². The van der Waals surface area contributed by atoms with Gasteiger partial charge in [0.05, 0.1) is 23.7 Å². The van der Waals surface area contributed by atoms with Crippen LogP contribution in [0, 0.1) is 18.3 Å². The van der Waals surface area contributed by atoms with Gasteiger partial charge in [0.2, 0.25) is 5.95 Å². The van der Waals surface area contributed by atoms with Gasteiger partial charge in [0, 0.05) is 61.7 Å². The van der Waals surface area contributed by atoms with Crippen molar-refractivity contribution < 1.29 is 9.21 Å². The molecule has 48 heavy (non-hydrogen) atoms. The number of anilines is 2. The summed E-state index contributed by atoms with van der Waals surface area (Å²) in [5.41, 5.74) is 5.99. The zero-order valence-corrected chi connectivity index (χ0v) is 26.7. The first-order valence-corrected chi connectivity index (χ1v) is 15.9. The number of fused-ring (bicyclic) bond motifs is 1. The number of benzene rings is 2. The molecular formula is C36H34N10O2. The number of urea groups is 1. The van der Waals surface area contributed by atoms with E-state index in [1.807, 2.05) is 73.9 Å². The summed E-state index contributed by atoms with van der Waals surface area (Å²) in [6, 6.07) is 21.4. The van der Waals surface area contributed by atoms with Gasteiger partial charge in [0.15, 0.2) is 11.5 Å². The number of carbonyl (C=O) groups excluding carboxylic acids is 1. The van der Waals surface area contributed by atoms with Gasteiger partial charge in [0.1, 0.15) is 17.4 Å². The summed E-state index contributed by atoms with van der Waals surface area (Å²) in [6.07, 6.45) is 10.2. The number of hydrogen-bond donors (Lipinski definition) is 2. The molecular weight excluding hydrogens is 604 g/mol. The number of hydrogen-bond acceptors (Lipinski definition) is 9. The number of rotatable bonds is 8. The molecule has 2 amide bonds. The number of amides is 2. The molecule has 1 aliphatic carbocycles. The van der Waals surface area contributed by atoms with Crippen LogP contribution in [0.4, 0.5) is 16.6 Å². The average molecular weight is 639 g/mol. The number of nitrogens with one attached hydrogen (secondary N) is 2. The predicted molar refractivity (Wildman–Crippen MR) is 182 cm³/mol. The van der Waals surface area contributed by atoms with Gasteiger partial charge in [-0.05, 0) is 61.6 Å². The number of nitrogens with zero attached hydrogens (tertiary/aromatic N) is 8. The van der Waals surface area contributed by atoms with E-state index in [1.54, 1.807) is 35.1 Å².